The summed E-state index contributed by atoms with van der Waals surface area (Å²) in [5, 5.41) is 0.707. The first-order valence-electron chi connectivity index (χ1n) is 10.6. The third kappa shape index (κ3) is 4.53. The van der Waals surface area contributed by atoms with Crippen molar-refractivity contribution in [1.82, 2.24) is 4.98 Å². The number of methoxy groups -OCH3 is 3. The van der Waals surface area contributed by atoms with Gasteiger partial charge in [0.2, 0.25) is 0 Å². The second-order valence-corrected chi connectivity index (χ2v) is 7.62. The SMILES string of the molecule is COC(=O)COC(=O)c1c2c(nc3ccccc13)/C(=C/c1ccc(OC)c(OC)c1)CCC2. The number of benzene rings is 2. The fraction of sp³-hybridized carbons (Fsp3) is 0.269. The van der Waals surface area contributed by atoms with Crippen LogP contribution in [0.4, 0.5) is 0 Å². The first-order valence-corrected chi connectivity index (χ1v) is 10.6. The van der Waals surface area contributed by atoms with Crippen LogP contribution in [0.25, 0.3) is 22.6 Å². The lowest BCUT2D eigenvalue weighted by atomic mass is 9.86. The van der Waals surface area contributed by atoms with Crippen LogP contribution < -0.4 is 9.47 Å². The van der Waals surface area contributed by atoms with E-state index in [0.717, 1.165) is 35.2 Å². The van der Waals surface area contributed by atoms with Gasteiger partial charge < -0.3 is 18.9 Å². The van der Waals surface area contributed by atoms with E-state index < -0.39 is 18.5 Å². The van der Waals surface area contributed by atoms with Gasteiger partial charge in [-0.05, 0) is 60.2 Å². The summed E-state index contributed by atoms with van der Waals surface area (Å²) < 4.78 is 20.6. The van der Waals surface area contributed by atoms with Crippen molar-refractivity contribution >= 4 is 34.5 Å². The lowest BCUT2D eigenvalue weighted by molar-refractivity contribution is -0.144. The standard InChI is InChI=1S/C26H25NO6/c1-30-21-12-11-16(14-22(21)31-2)13-17-7-6-9-19-24(26(29)33-15-23(28)32-3)18-8-4-5-10-20(18)27-25(17)19/h4-5,8,10-14H,6-7,9,15H2,1-3H3/b17-13+. The molecule has 2 aromatic carbocycles. The van der Waals surface area contributed by atoms with Crippen molar-refractivity contribution in [2.45, 2.75) is 19.3 Å². The molecule has 0 radical (unpaired) electrons. The van der Waals surface area contributed by atoms with E-state index >= 15 is 0 Å². The Morgan fingerprint density at radius 3 is 2.55 bits per heavy atom. The predicted molar refractivity (Wildman–Crippen MR) is 124 cm³/mol. The van der Waals surface area contributed by atoms with Gasteiger partial charge in [-0.25, -0.2) is 14.6 Å². The highest BCUT2D eigenvalue weighted by molar-refractivity contribution is 6.07. The van der Waals surface area contributed by atoms with Crippen LogP contribution in [-0.2, 0) is 20.7 Å². The van der Waals surface area contributed by atoms with Gasteiger partial charge in [0.05, 0.1) is 38.1 Å². The monoisotopic (exact) mass is 447 g/mol. The van der Waals surface area contributed by atoms with Crippen molar-refractivity contribution in [3.8, 4) is 11.5 Å². The average Bonchev–Trinajstić information content (AvgIpc) is 2.85. The van der Waals surface area contributed by atoms with Gasteiger partial charge in [-0.2, -0.15) is 0 Å². The summed E-state index contributed by atoms with van der Waals surface area (Å²) in [6.07, 6.45) is 4.44. The molecule has 0 amide bonds. The normalized spacial score (nSPS) is 14.0. The number of ether oxygens (including phenoxy) is 4. The van der Waals surface area contributed by atoms with Crippen LogP contribution in [0.15, 0.2) is 42.5 Å². The molecular formula is C26H25NO6. The highest BCUT2D eigenvalue weighted by Crippen LogP contribution is 2.37. The minimum absolute atomic E-state index is 0.435. The van der Waals surface area contributed by atoms with E-state index in [2.05, 4.69) is 10.8 Å². The summed E-state index contributed by atoms with van der Waals surface area (Å²) in [5.74, 6) is 0.136. The molecule has 170 valence electrons. The van der Waals surface area contributed by atoms with Crippen molar-refractivity contribution in [2.24, 2.45) is 0 Å². The Kier molecular flexibility index (Phi) is 6.58. The second kappa shape index (κ2) is 9.73. The lowest BCUT2D eigenvalue weighted by Crippen LogP contribution is -2.19. The Labute approximate surface area is 191 Å². The van der Waals surface area contributed by atoms with E-state index in [1.165, 1.54) is 7.11 Å². The van der Waals surface area contributed by atoms with Gasteiger partial charge in [0.15, 0.2) is 18.1 Å². The largest absolute Gasteiger partial charge is 0.493 e. The number of nitrogens with zero attached hydrogens (tertiary/aromatic N) is 1. The summed E-state index contributed by atoms with van der Waals surface area (Å²) in [5.41, 5.74) is 4.73. The molecule has 33 heavy (non-hydrogen) atoms. The van der Waals surface area contributed by atoms with E-state index in [4.69, 9.17) is 19.2 Å². The maximum absolute atomic E-state index is 13.1. The molecule has 1 aromatic heterocycles. The van der Waals surface area contributed by atoms with Crippen molar-refractivity contribution in [2.75, 3.05) is 27.9 Å². The first kappa shape index (κ1) is 22.3. The van der Waals surface area contributed by atoms with Crippen LogP contribution in [0.5, 0.6) is 11.5 Å². The fourth-order valence-electron chi connectivity index (χ4n) is 4.11. The number of pyridine rings is 1. The Morgan fingerprint density at radius 2 is 1.79 bits per heavy atom. The van der Waals surface area contributed by atoms with E-state index in [0.29, 0.717) is 34.4 Å². The number of esters is 2. The third-order valence-corrected chi connectivity index (χ3v) is 5.67. The summed E-state index contributed by atoms with van der Waals surface area (Å²) in [4.78, 5) is 29.5. The van der Waals surface area contributed by atoms with Crippen molar-refractivity contribution < 1.29 is 28.5 Å². The van der Waals surface area contributed by atoms with Crippen LogP contribution in [0.2, 0.25) is 0 Å². The Hall–Kier alpha value is -3.87. The Balaban J connectivity index is 1.82. The molecular weight excluding hydrogens is 422 g/mol. The number of rotatable bonds is 6. The van der Waals surface area contributed by atoms with E-state index in [1.807, 2.05) is 42.5 Å². The maximum atomic E-state index is 13.1. The topological polar surface area (TPSA) is 84.0 Å². The lowest BCUT2D eigenvalue weighted by Gasteiger charge is -2.22. The third-order valence-electron chi connectivity index (χ3n) is 5.67. The number of carbonyl (C=O) groups is 2. The summed E-state index contributed by atoms with van der Waals surface area (Å²) in [7, 11) is 4.46. The number of carbonyl (C=O) groups excluding carboxylic acids is 2. The molecule has 1 heterocycles. The van der Waals surface area contributed by atoms with Gasteiger partial charge in [0, 0.05) is 5.39 Å². The van der Waals surface area contributed by atoms with Crippen molar-refractivity contribution in [3.05, 3.63) is 64.8 Å². The zero-order valence-corrected chi connectivity index (χ0v) is 18.8. The highest BCUT2D eigenvalue weighted by Gasteiger charge is 2.26. The molecule has 0 saturated carbocycles. The van der Waals surface area contributed by atoms with Crippen LogP contribution in [-0.4, -0.2) is 44.9 Å². The van der Waals surface area contributed by atoms with Gasteiger partial charge in [-0.1, -0.05) is 24.3 Å². The van der Waals surface area contributed by atoms with Crippen molar-refractivity contribution in [1.29, 1.82) is 0 Å². The number of hydrogen-bond donors (Lipinski definition) is 0. The Morgan fingerprint density at radius 1 is 1.00 bits per heavy atom. The van der Waals surface area contributed by atoms with E-state index in [-0.39, 0.29) is 0 Å². The first-order chi connectivity index (χ1) is 16.0. The molecule has 7 heteroatoms. The van der Waals surface area contributed by atoms with E-state index in [9.17, 15) is 9.59 Å². The van der Waals surface area contributed by atoms with Crippen LogP contribution in [0.1, 0.15) is 40.0 Å². The molecule has 1 aliphatic rings. The number of allylic oxidation sites excluding steroid dienone is 1. The number of aromatic nitrogens is 1. The second-order valence-electron chi connectivity index (χ2n) is 7.62. The number of fused-ring (bicyclic) bond motifs is 2. The summed E-state index contributed by atoms with van der Waals surface area (Å²) in [6.45, 7) is -0.435. The predicted octanol–water partition coefficient (Wildman–Crippen LogP) is 4.46. The van der Waals surface area contributed by atoms with Gasteiger partial charge in [-0.3, -0.25) is 0 Å². The molecule has 0 saturated heterocycles. The smallest absolute Gasteiger partial charge is 0.344 e. The molecule has 0 spiro atoms. The minimum atomic E-state index is -0.607. The van der Waals surface area contributed by atoms with Gasteiger partial charge in [-0.15, -0.1) is 0 Å². The molecule has 0 aliphatic heterocycles. The van der Waals surface area contributed by atoms with Gasteiger partial charge in [0.1, 0.15) is 0 Å². The molecule has 0 N–H and O–H groups in total. The molecule has 0 unspecified atom stereocenters. The van der Waals surface area contributed by atoms with Crippen LogP contribution >= 0.6 is 0 Å². The maximum Gasteiger partial charge on any atom is 0.344 e. The quantitative estimate of drug-likeness (QED) is 0.516. The molecule has 0 fully saturated rings. The highest BCUT2D eigenvalue weighted by atomic mass is 16.6. The summed E-state index contributed by atoms with van der Waals surface area (Å²) in [6, 6.07) is 13.2. The number of para-hydroxylation sites is 1. The molecule has 7 nitrogen and oxygen atoms in total. The fourth-order valence-corrected chi connectivity index (χ4v) is 4.11. The zero-order valence-electron chi connectivity index (χ0n) is 18.8. The molecule has 0 bridgehead atoms. The molecule has 0 atom stereocenters. The summed E-state index contributed by atoms with van der Waals surface area (Å²) >= 11 is 0. The molecule has 4 rings (SSSR count). The molecule has 1 aliphatic carbocycles. The number of hydrogen-bond acceptors (Lipinski definition) is 7. The zero-order chi connectivity index (χ0) is 23.4. The van der Waals surface area contributed by atoms with Gasteiger partial charge in [0.25, 0.3) is 0 Å². The van der Waals surface area contributed by atoms with Crippen LogP contribution in [0, 0.1) is 0 Å². The molecule has 3 aromatic rings. The van der Waals surface area contributed by atoms with E-state index in [1.54, 1.807) is 14.2 Å². The van der Waals surface area contributed by atoms with Crippen molar-refractivity contribution in [3.63, 3.8) is 0 Å². The minimum Gasteiger partial charge on any atom is -0.493 e. The average molecular weight is 447 g/mol. The van der Waals surface area contributed by atoms with Gasteiger partial charge >= 0.3 is 11.9 Å². The Bertz CT molecular complexity index is 1250. The van der Waals surface area contributed by atoms with Crippen LogP contribution in [0.3, 0.4) is 0 Å².